The Kier molecular flexibility index (Phi) is 4.71. The van der Waals surface area contributed by atoms with Crippen molar-refractivity contribution in [3.63, 3.8) is 0 Å². The first-order valence-electron chi connectivity index (χ1n) is 8.50. The average Bonchev–Trinajstić information content (AvgIpc) is 2.81. The van der Waals surface area contributed by atoms with Gasteiger partial charge in [0.2, 0.25) is 0 Å². The Morgan fingerprint density at radius 3 is 2.65 bits per heavy atom. The van der Waals surface area contributed by atoms with Gasteiger partial charge >= 0.3 is 0 Å². The Morgan fingerprint density at radius 1 is 1.10 bits per heavy atom. The predicted octanol–water partition coefficient (Wildman–Crippen LogP) is 3.20. The molecule has 1 unspecified atom stereocenters. The van der Waals surface area contributed by atoms with Crippen LogP contribution >= 0.6 is 0 Å². The molecule has 0 spiro atoms. The zero-order valence-corrected chi connectivity index (χ0v) is 12.8. The number of hydrogen-bond donors (Lipinski definition) is 0. The average molecular weight is 276 g/mol. The fraction of sp³-hybridized carbons (Fsp3) is 0.875. The molecule has 1 saturated heterocycles. The molecule has 3 rings (SSSR count). The summed E-state index contributed by atoms with van der Waals surface area (Å²) < 4.78 is 2.22. The summed E-state index contributed by atoms with van der Waals surface area (Å²) in [6.45, 7) is 5.66. The molecule has 4 nitrogen and oxygen atoms in total. The van der Waals surface area contributed by atoms with Crippen molar-refractivity contribution in [3.05, 3.63) is 12.2 Å². The lowest BCUT2D eigenvalue weighted by Gasteiger charge is -2.37. The first-order chi connectivity index (χ1) is 9.88. The minimum Gasteiger partial charge on any atom is -0.318 e. The molecule has 0 amide bonds. The molecule has 1 saturated carbocycles. The topological polar surface area (TPSA) is 34.0 Å². The van der Waals surface area contributed by atoms with Gasteiger partial charge in [-0.2, -0.15) is 0 Å². The Morgan fingerprint density at radius 2 is 1.90 bits per heavy atom. The smallest absolute Gasteiger partial charge is 0.137 e. The molecule has 2 fully saturated rings. The number of hydrogen-bond acceptors (Lipinski definition) is 3. The molecule has 1 aromatic heterocycles. The molecule has 1 atom stereocenters. The monoisotopic (exact) mass is 276 g/mol. The second-order valence-corrected chi connectivity index (χ2v) is 6.45. The Hall–Kier alpha value is -0.900. The van der Waals surface area contributed by atoms with Crippen LogP contribution < -0.4 is 0 Å². The number of aryl methyl sites for hydroxylation is 1. The van der Waals surface area contributed by atoms with Crippen LogP contribution in [0.1, 0.15) is 70.0 Å². The third-order valence-electron chi connectivity index (χ3n) is 5.15. The van der Waals surface area contributed by atoms with E-state index in [1.807, 2.05) is 6.33 Å². The SMILES string of the molecule is CCn1cnnc1C1CCCN(C2CCCCCC2)C1. The highest BCUT2D eigenvalue weighted by Gasteiger charge is 2.29. The standard InChI is InChI=1S/C16H28N4/c1-2-19-13-17-18-16(19)14-8-7-11-20(12-14)15-9-5-3-4-6-10-15/h13-15H,2-12H2,1H3. The minimum atomic E-state index is 0.592. The van der Waals surface area contributed by atoms with Gasteiger partial charge < -0.3 is 4.57 Å². The van der Waals surface area contributed by atoms with Gasteiger partial charge in [0, 0.05) is 25.0 Å². The van der Waals surface area contributed by atoms with Crippen LogP contribution in [0.3, 0.4) is 0 Å². The summed E-state index contributed by atoms with van der Waals surface area (Å²) in [5, 5.41) is 8.51. The van der Waals surface area contributed by atoms with Gasteiger partial charge in [0.1, 0.15) is 12.2 Å². The zero-order chi connectivity index (χ0) is 13.8. The molecule has 0 bridgehead atoms. The van der Waals surface area contributed by atoms with Crippen LogP contribution in [0.25, 0.3) is 0 Å². The van der Waals surface area contributed by atoms with E-state index in [4.69, 9.17) is 0 Å². The second kappa shape index (κ2) is 6.70. The summed E-state index contributed by atoms with van der Waals surface area (Å²) in [6.07, 6.45) is 13.0. The summed E-state index contributed by atoms with van der Waals surface area (Å²) in [7, 11) is 0. The quantitative estimate of drug-likeness (QED) is 0.795. The summed E-state index contributed by atoms with van der Waals surface area (Å²) in [5.74, 6) is 1.81. The van der Waals surface area contributed by atoms with Crippen molar-refractivity contribution in [2.45, 2.75) is 76.8 Å². The van der Waals surface area contributed by atoms with Crippen molar-refractivity contribution < 1.29 is 0 Å². The number of likely N-dealkylation sites (tertiary alicyclic amines) is 1. The fourth-order valence-electron chi connectivity index (χ4n) is 4.00. The lowest BCUT2D eigenvalue weighted by Crippen LogP contribution is -2.42. The van der Waals surface area contributed by atoms with Gasteiger partial charge in [0.25, 0.3) is 0 Å². The van der Waals surface area contributed by atoms with Gasteiger partial charge in [-0.05, 0) is 39.2 Å². The van der Waals surface area contributed by atoms with Crippen LogP contribution in [0.15, 0.2) is 6.33 Å². The fourth-order valence-corrected chi connectivity index (χ4v) is 4.00. The number of piperidine rings is 1. The Bertz CT molecular complexity index is 406. The molecule has 1 aromatic rings. The van der Waals surface area contributed by atoms with Gasteiger partial charge in [0.05, 0.1) is 0 Å². The van der Waals surface area contributed by atoms with Gasteiger partial charge in [-0.25, -0.2) is 0 Å². The van der Waals surface area contributed by atoms with E-state index < -0.39 is 0 Å². The molecule has 1 aliphatic carbocycles. The van der Waals surface area contributed by atoms with Gasteiger partial charge in [-0.1, -0.05) is 25.7 Å². The maximum absolute atomic E-state index is 4.40. The molecule has 0 N–H and O–H groups in total. The molecule has 0 radical (unpaired) electrons. The van der Waals surface area contributed by atoms with E-state index in [2.05, 4.69) is 26.6 Å². The predicted molar refractivity (Wildman–Crippen MR) is 80.7 cm³/mol. The molecule has 0 aromatic carbocycles. The van der Waals surface area contributed by atoms with E-state index in [0.717, 1.165) is 12.6 Å². The van der Waals surface area contributed by atoms with Crippen molar-refractivity contribution in [2.24, 2.45) is 0 Å². The molecule has 1 aliphatic heterocycles. The number of aromatic nitrogens is 3. The molecule has 20 heavy (non-hydrogen) atoms. The van der Waals surface area contributed by atoms with Crippen LogP contribution in [-0.4, -0.2) is 38.8 Å². The zero-order valence-electron chi connectivity index (χ0n) is 12.8. The van der Waals surface area contributed by atoms with Crippen LogP contribution in [-0.2, 0) is 6.54 Å². The van der Waals surface area contributed by atoms with Crippen molar-refractivity contribution >= 4 is 0 Å². The largest absolute Gasteiger partial charge is 0.318 e. The van der Waals surface area contributed by atoms with Crippen molar-refractivity contribution in [3.8, 4) is 0 Å². The van der Waals surface area contributed by atoms with Crippen LogP contribution in [0.4, 0.5) is 0 Å². The van der Waals surface area contributed by atoms with Crippen LogP contribution in [0, 0.1) is 0 Å². The summed E-state index contributed by atoms with van der Waals surface area (Å²) in [6, 6.07) is 0.832. The van der Waals surface area contributed by atoms with E-state index in [1.54, 1.807) is 0 Å². The highest BCUT2D eigenvalue weighted by atomic mass is 15.3. The van der Waals surface area contributed by atoms with Crippen LogP contribution in [0.2, 0.25) is 0 Å². The highest BCUT2D eigenvalue weighted by molar-refractivity contribution is 5.00. The molecule has 2 aliphatic rings. The Labute approximate surface area is 122 Å². The molecular weight excluding hydrogens is 248 g/mol. The number of nitrogens with zero attached hydrogens (tertiary/aromatic N) is 4. The van der Waals surface area contributed by atoms with Crippen molar-refractivity contribution in [1.29, 1.82) is 0 Å². The van der Waals surface area contributed by atoms with E-state index in [9.17, 15) is 0 Å². The van der Waals surface area contributed by atoms with Gasteiger partial charge in [-0.3, -0.25) is 4.90 Å². The van der Waals surface area contributed by atoms with E-state index in [1.165, 1.54) is 70.3 Å². The summed E-state index contributed by atoms with van der Waals surface area (Å²) in [5.41, 5.74) is 0. The Balaban J connectivity index is 1.66. The third-order valence-corrected chi connectivity index (χ3v) is 5.15. The van der Waals surface area contributed by atoms with Crippen molar-refractivity contribution in [2.75, 3.05) is 13.1 Å². The van der Waals surface area contributed by atoms with E-state index in [-0.39, 0.29) is 0 Å². The normalized spacial score (nSPS) is 26.6. The maximum atomic E-state index is 4.40. The van der Waals surface area contributed by atoms with Gasteiger partial charge in [0.15, 0.2) is 0 Å². The molecule has 2 heterocycles. The molecule has 4 heteroatoms. The minimum absolute atomic E-state index is 0.592. The maximum Gasteiger partial charge on any atom is 0.137 e. The van der Waals surface area contributed by atoms with Crippen molar-refractivity contribution in [1.82, 2.24) is 19.7 Å². The number of rotatable bonds is 3. The highest BCUT2D eigenvalue weighted by Crippen LogP contribution is 2.30. The second-order valence-electron chi connectivity index (χ2n) is 6.45. The van der Waals surface area contributed by atoms with E-state index >= 15 is 0 Å². The first kappa shape index (κ1) is 14.1. The van der Waals surface area contributed by atoms with Crippen LogP contribution in [0.5, 0.6) is 0 Å². The summed E-state index contributed by atoms with van der Waals surface area (Å²) >= 11 is 0. The molecular formula is C16H28N4. The molecule has 112 valence electrons. The lowest BCUT2D eigenvalue weighted by molar-refractivity contribution is 0.132. The first-order valence-corrected chi connectivity index (χ1v) is 8.50. The van der Waals surface area contributed by atoms with E-state index in [0.29, 0.717) is 5.92 Å². The lowest BCUT2D eigenvalue weighted by atomic mass is 9.94. The third kappa shape index (κ3) is 3.05. The summed E-state index contributed by atoms with van der Waals surface area (Å²) in [4.78, 5) is 2.76. The van der Waals surface area contributed by atoms with Gasteiger partial charge in [-0.15, -0.1) is 10.2 Å².